The second kappa shape index (κ2) is 6.23. The summed E-state index contributed by atoms with van der Waals surface area (Å²) >= 11 is 0. The Labute approximate surface area is 72.9 Å². The highest BCUT2D eigenvalue weighted by molar-refractivity contribution is 5.88. The van der Waals surface area contributed by atoms with Crippen molar-refractivity contribution in [2.45, 2.75) is 13.3 Å². The summed E-state index contributed by atoms with van der Waals surface area (Å²) in [5.74, 6) is 1.90. The van der Waals surface area contributed by atoms with Gasteiger partial charge < -0.3 is 4.74 Å². The van der Waals surface area contributed by atoms with Crippen LogP contribution in [0.4, 0.5) is 0 Å². The summed E-state index contributed by atoms with van der Waals surface area (Å²) in [6.07, 6.45) is 8.77. The molecule has 64 valence electrons. The van der Waals surface area contributed by atoms with E-state index in [9.17, 15) is 4.79 Å². The summed E-state index contributed by atoms with van der Waals surface area (Å²) in [4.78, 5) is 11.0. The van der Waals surface area contributed by atoms with E-state index in [2.05, 4.69) is 12.5 Å². The smallest absolute Gasteiger partial charge is 0.334 e. The van der Waals surface area contributed by atoms with E-state index in [-0.39, 0.29) is 13.0 Å². The Hall–Kier alpha value is -1.49. The first kappa shape index (κ1) is 10.5. The number of ether oxygens (including phenoxy) is 1. The molecule has 0 rings (SSSR count). The van der Waals surface area contributed by atoms with E-state index >= 15 is 0 Å². The van der Waals surface area contributed by atoms with Crippen LogP contribution in [0.1, 0.15) is 13.3 Å². The second-order valence-corrected chi connectivity index (χ2v) is 2.15. The molecule has 0 bridgehead atoms. The Morgan fingerprint density at radius 3 is 2.92 bits per heavy atom. The molecule has 0 atom stereocenters. The molecule has 0 aromatic rings. The van der Waals surface area contributed by atoms with Gasteiger partial charge in [-0.15, -0.1) is 12.3 Å². The Balaban J connectivity index is 3.74. The molecule has 0 unspecified atom stereocenters. The van der Waals surface area contributed by atoms with Crippen molar-refractivity contribution < 1.29 is 9.53 Å². The summed E-state index contributed by atoms with van der Waals surface area (Å²) in [5, 5.41) is 0. The largest absolute Gasteiger partial charge is 0.458 e. The topological polar surface area (TPSA) is 26.3 Å². The van der Waals surface area contributed by atoms with Gasteiger partial charge in [0.2, 0.25) is 0 Å². The maximum absolute atomic E-state index is 11.0. The highest BCUT2D eigenvalue weighted by Gasteiger charge is 2.04. The third-order valence-corrected chi connectivity index (χ3v) is 1.15. The third kappa shape index (κ3) is 4.35. The lowest BCUT2D eigenvalue weighted by molar-refractivity contribution is -0.137. The third-order valence-electron chi connectivity index (χ3n) is 1.15. The van der Waals surface area contributed by atoms with Gasteiger partial charge in [0, 0.05) is 12.0 Å². The maximum atomic E-state index is 11.0. The number of carbonyl (C=O) groups is 1. The van der Waals surface area contributed by atoms with Crippen molar-refractivity contribution in [1.82, 2.24) is 0 Å². The van der Waals surface area contributed by atoms with E-state index in [1.54, 1.807) is 12.2 Å². The van der Waals surface area contributed by atoms with Crippen LogP contribution in [-0.2, 0) is 9.53 Å². The van der Waals surface area contributed by atoms with Gasteiger partial charge in [-0.2, -0.15) is 0 Å². The van der Waals surface area contributed by atoms with Crippen LogP contribution in [0.2, 0.25) is 0 Å². The van der Waals surface area contributed by atoms with Crippen LogP contribution in [0.3, 0.4) is 0 Å². The molecule has 0 aromatic heterocycles. The van der Waals surface area contributed by atoms with Crippen molar-refractivity contribution in [2.24, 2.45) is 0 Å². The summed E-state index contributed by atoms with van der Waals surface area (Å²) in [7, 11) is 0. The molecule has 0 saturated heterocycles. The minimum Gasteiger partial charge on any atom is -0.458 e. The standard InChI is InChI=1S/C10H12O2/c1-4-6-8-12-10(11)9(3)7-5-2/h2,4,6H,3,7-8H2,1H3. The van der Waals surface area contributed by atoms with Crippen LogP contribution in [0.25, 0.3) is 0 Å². The minimum absolute atomic E-state index is 0.245. The van der Waals surface area contributed by atoms with E-state index in [0.29, 0.717) is 5.57 Å². The molecule has 0 aliphatic rings. The number of terminal acetylenes is 1. The maximum Gasteiger partial charge on any atom is 0.334 e. The van der Waals surface area contributed by atoms with E-state index in [1.807, 2.05) is 6.92 Å². The molecule has 0 radical (unpaired) electrons. The number of hydrogen-bond acceptors (Lipinski definition) is 2. The molecule has 12 heavy (non-hydrogen) atoms. The van der Waals surface area contributed by atoms with Crippen LogP contribution in [-0.4, -0.2) is 12.6 Å². The highest BCUT2D eigenvalue weighted by atomic mass is 16.5. The summed E-state index contributed by atoms with van der Waals surface area (Å²) in [5.41, 5.74) is 0.321. The molecule has 2 heteroatoms. The van der Waals surface area contributed by atoms with Crippen molar-refractivity contribution in [2.75, 3.05) is 6.61 Å². The van der Waals surface area contributed by atoms with Gasteiger partial charge >= 0.3 is 5.97 Å². The fraction of sp³-hybridized carbons (Fsp3) is 0.300. The van der Waals surface area contributed by atoms with Crippen LogP contribution in [0, 0.1) is 12.3 Å². The Morgan fingerprint density at radius 2 is 2.42 bits per heavy atom. The fourth-order valence-electron chi connectivity index (χ4n) is 0.517. The number of rotatable bonds is 4. The zero-order valence-electron chi connectivity index (χ0n) is 7.17. The monoisotopic (exact) mass is 164 g/mol. The molecule has 0 N–H and O–H groups in total. The van der Waals surface area contributed by atoms with Crippen molar-refractivity contribution >= 4 is 5.97 Å². The minimum atomic E-state index is -0.425. The van der Waals surface area contributed by atoms with Crippen LogP contribution < -0.4 is 0 Å². The number of hydrogen-bond donors (Lipinski definition) is 0. The first-order chi connectivity index (χ1) is 5.72. The van der Waals surface area contributed by atoms with Crippen molar-refractivity contribution in [1.29, 1.82) is 0 Å². The highest BCUT2D eigenvalue weighted by Crippen LogP contribution is 1.99. The quantitative estimate of drug-likeness (QED) is 0.273. The van der Waals surface area contributed by atoms with E-state index in [1.165, 1.54) is 0 Å². The molecule has 0 aliphatic heterocycles. The predicted octanol–water partition coefficient (Wildman–Crippen LogP) is 1.69. The molecule has 0 fully saturated rings. The average molecular weight is 164 g/mol. The van der Waals surface area contributed by atoms with Gasteiger partial charge in [-0.25, -0.2) is 4.79 Å². The lowest BCUT2D eigenvalue weighted by Gasteiger charge is -2.00. The molecule has 0 aromatic carbocycles. The fourth-order valence-corrected chi connectivity index (χ4v) is 0.517. The lowest BCUT2D eigenvalue weighted by atomic mass is 10.2. The zero-order valence-corrected chi connectivity index (χ0v) is 7.17. The van der Waals surface area contributed by atoms with E-state index in [0.717, 1.165) is 0 Å². The van der Waals surface area contributed by atoms with E-state index in [4.69, 9.17) is 11.2 Å². The predicted molar refractivity (Wildman–Crippen MR) is 48.4 cm³/mol. The van der Waals surface area contributed by atoms with Gasteiger partial charge in [-0.3, -0.25) is 0 Å². The van der Waals surface area contributed by atoms with Gasteiger partial charge in [0.1, 0.15) is 6.61 Å². The van der Waals surface area contributed by atoms with Crippen molar-refractivity contribution in [3.8, 4) is 12.3 Å². The number of carbonyl (C=O) groups excluding carboxylic acids is 1. The summed E-state index contributed by atoms with van der Waals surface area (Å²) < 4.78 is 4.78. The van der Waals surface area contributed by atoms with Crippen LogP contribution in [0.15, 0.2) is 24.3 Å². The lowest BCUT2D eigenvalue weighted by Crippen LogP contribution is -2.06. The van der Waals surface area contributed by atoms with Gasteiger partial charge in [0.15, 0.2) is 0 Å². The molecule has 2 nitrogen and oxygen atoms in total. The van der Waals surface area contributed by atoms with Crippen LogP contribution >= 0.6 is 0 Å². The average Bonchev–Trinajstić information content (AvgIpc) is 2.05. The summed E-state index contributed by atoms with van der Waals surface area (Å²) in [6, 6.07) is 0. The Bertz CT molecular complexity index is 231. The molecule has 0 amide bonds. The zero-order chi connectivity index (χ0) is 9.40. The molecule has 0 aliphatic carbocycles. The SMILES string of the molecule is C#CCC(=C)C(=O)OCC=CC. The first-order valence-corrected chi connectivity index (χ1v) is 3.62. The van der Waals surface area contributed by atoms with Crippen molar-refractivity contribution in [3.05, 3.63) is 24.3 Å². The van der Waals surface area contributed by atoms with Gasteiger partial charge in [-0.1, -0.05) is 18.7 Å². The van der Waals surface area contributed by atoms with Crippen LogP contribution in [0.5, 0.6) is 0 Å². The van der Waals surface area contributed by atoms with Gasteiger partial charge in [0.05, 0.1) is 0 Å². The van der Waals surface area contributed by atoms with Gasteiger partial charge in [0.25, 0.3) is 0 Å². The number of esters is 1. The molecular weight excluding hydrogens is 152 g/mol. The summed E-state index contributed by atoms with van der Waals surface area (Å²) in [6.45, 7) is 5.61. The molecule has 0 saturated carbocycles. The molecule has 0 spiro atoms. The normalized spacial score (nSPS) is 9.33. The Kier molecular flexibility index (Phi) is 5.46. The Morgan fingerprint density at radius 1 is 1.75 bits per heavy atom. The molecule has 0 heterocycles. The van der Waals surface area contributed by atoms with Crippen molar-refractivity contribution in [3.63, 3.8) is 0 Å². The first-order valence-electron chi connectivity index (χ1n) is 3.62. The van der Waals surface area contributed by atoms with Gasteiger partial charge in [-0.05, 0) is 6.92 Å². The second-order valence-electron chi connectivity index (χ2n) is 2.15. The van der Waals surface area contributed by atoms with E-state index < -0.39 is 5.97 Å². The molecular formula is C10H12O2. The number of allylic oxidation sites excluding steroid dienone is 1.